The fourth-order valence-corrected chi connectivity index (χ4v) is 4.09. The Labute approximate surface area is 136 Å². The van der Waals surface area contributed by atoms with Gasteiger partial charge in [0.25, 0.3) is 0 Å². The van der Waals surface area contributed by atoms with Crippen molar-refractivity contribution < 1.29 is 9.84 Å². The zero-order chi connectivity index (χ0) is 12.3. The maximum Gasteiger partial charge on any atom is 0.204 e. The molecule has 1 rings (SSSR count). The monoisotopic (exact) mass is 542 g/mol. The van der Waals surface area contributed by atoms with Crippen molar-refractivity contribution in [3.63, 3.8) is 0 Å². The lowest BCUT2D eigenvalue weighted by Crippen LogP contribution is -2.17. The van der Waals surface area contributed by atoms with E-state index in [1.807, 2.05) is 12.1 Å². The van der Waals surface area contributed by atoms with Gasteiger partial charge >= 0.3 is 0 Å². The molecule has 1 aromatic rings. The number of rotatable bonds is 4. The lowest BCUT2D eigenvalue weighted by atomic mass is 10.2. The maximum atomic E-state index is 8.75. The first-order valence-electron chi connectivity index (χ1n) is 4.16. The summed E-state index contributed by atoms with van der Waals surface area (Å²) in [6, 6.07) is 3.81. The Morgan fingerprint density at radius 3 is 2.31 bits per heavy atom. The van der Waals surface area contributed by atoms with Crippen LogP contribution in [0.3, 0.4) is 0 Å². The number of hydrogen-bond donors (Lipinski definition) is 1. The summed E-state index contributed by atoms with van der Waals surface area (Å²) in [4.78, 5) is 0. The third kappa shape index (κ3) is 3.76. The van der Waals surface area contributed by atoms with Crippen molar-refractivity contribution in [2.24, 2.45) is 0 Å². The Hall–Kier alpha value is 1.54. The zero-order valence-electron chi connectivity index (χ0n) is 7.81. The van der Waals surface area contributed by atoms with E-state index < -0.39 is 3.42 Å². The van der Waals surface area contributed by atoms with Crippen LogP contribution in [0.5, 0.6) is 0 Å². The van der Waals surface area contributed by atoms with E-state index in [-0.39, 0.29) is 13.2 Å². The molecule has 0 heterocycles. The van der Waals surface area contributed by atoms with E-state index in [9.17, 15) is 0 Å². The normalized spacial score (nSPS) is 11.9. The van der Waals surface area contributed by atoms with Crippen molar-refractivity contribution in [2.75, 3.05) is 13.2 Å². The van der Waals surface area contributed by atoms with E-state index in [2.05, 4.69) is 79.6 Å². The lowest BCUT2D eigenvalue weighted by Gasteiger charge is -2.23. The zero-order valence-corrected chi connectivity index (χ0v) is 15.7. The molecule has 0 aromatic heterocycles. The van der Waals surface area contributed by atoms with Gasteiger partial charge < -0.3 is 9.84 Å². The van der Waals surface area contributed by atoms with Crippen LogP contribution >= 0.6 is 79.6 Å². The molecule has 0 bridgehead atoms. The number of hydrogen-bond acceptors (Lipinski definition) is 2. The van der Waals surface area contributed by atoms with E-state index in [0.29, 0.717) is 0 Å². The van der Waals surface area contributed by atoms with Crippen LogP contribution in [0.2, 0.25) is 0 Å². The van der Waals surface area contributed by atoms with E-state index in [0.717, 1.165) is 19.0 Å². The number of alkyl halides is 2. The minimum atomic E-state index is -0.815. The van der Waals surface area contributed by atoms with E-state index in [4.69, 9.17) is 9.84 Å². The summed E-state index contributed by atoms with van der Waals surface area (Å²) in [6.45, 7) is 0.199. The SMILES string of the molecule is OCCOC(Br)(Br)c1ccc(Br)c(Br)c1Br. The van der Waals surface area contributed by atoms with Gasteiger partial charge in [-0.2, -0.15) is 0 Å². The molecule has 7 heteroatoms. The minimum absolute atomic E-state index is 0.0335. The molecule has 0 fully saturated rings. The molecule has 0 aliphatic carbocycles. The molecule has 0 unspecified atom stereocenters. The molecular formula is C9H7Br5O2. The van der Waals surface area contributed by atoms with Gasteiger partial charge in [0.15, 0.2) is 0 Å². The molecule has 0 spiro atoms. The average molecular weight is 547 g/mol. The summed E-state index contributed by atoms with van der Waals surface area (Å²) >= 11 is 17.2. The Morgan fingerprint density at radius 1 is 1.12 bits per heavy atom. The lowest BCUT2D eigenvalue weighted by molar-refractivity contribution is 0.0638. The van der Waals surface area contributed by atoms with Crippen molar-refractivity contribution in [1.29, 1.82) is 0 Å². The summed E-state index contributed by atoms with van der Waals surface area (Å²) in [5, 5.41) is 8.75. The van der Waals surface area contributed by atoms with Gasteiger partial charge in [-0.3, -0.25) is 0 Å². The number of benzene rings is 1. The van der Waals surface area contributed by atoms with Crippen molar-refractivity contribution in [1.82, 2.24) is 0 Å². The fourth-order valence-electron chi connectivity index (χ4n) is 1.00. The number of aliphatic hydroxyl groups excluding tert-OH is 1. The second-order valence-corrected chi connectivity index (χ2v) is 8.55. The van der Waals surface area contributed by atoms with Crippen LogP contribution in [0.25, 0.3) is 0 Å². The number of ether oxygens (including phenoxy) is 1. The predicted molar refractivity (Wildman–Crippen MR) is 82.1 cm³/mol. The van der Waals surface area contributed by atoms with Crippen LogP contribution in [-0.4, -0.2) is 18.3 Å². The minimum Gasteiger partial charge on any atom is -0.394 e. The predicted octanol–water partition coefficient (Wildman–Crippen LogP) is 4.88. The van der Waals surface area contributed by atoms with Crippen molar-refractivity contribution >= 4 is 79.6 Å². The van der Waals surface area contributed by atoms with Gasteiger partial charge in [0.2, 0.25) is 3.42 Å². The van der Waals surface area contributed by atoms with E-state index in [1.54, 1.807) is 0 Å². The Balaban J connectivity index is 3.08. The molecule has 0 aliphatic rings. The van der Waals surface area contributed by atoms with Gasteiger partial charge in [0.05, 0.1) is 13.2 Å². The second kappa shape index (κ2) is 6.63. The highest BCUT2D eigenvalue weighted by molar-refractivity contribution is 9.24. The Morgan fingerprint density at radius 2 is 1.75 bits per heavy atom. The first-order valence-corrected chi connectivity index (χ1v) is 8.13. The smallest absolute Gasteiger partial charge is 0.204 e. The van der Waals surface area contributed by atoms with Crippen molar-refractivity contribution in [2.45, 2.75) is 3.42 Å². The van der Waals surface area contributed by atoms with Gasteiger partial charge in [-0.1, -0.05) is 6.07 Å². The van der Waals surface area contributed by atoms with E-state index >= 15 is 0 Å². The Bertz CT molecular complexity index is 380. The van der Waals surface area contributed by atoms with Crippen LogP contribution in [0.4, 0.5) is 0 Å². The van der Waals surface area contributed by atoms with Gasteiger partial charge in [-0.25, -0.2) is 0 Å². The molecule has 0 saturated carbocycles. The quantitative estimate of drug-likeness (QED) is 0.431. The first kappa shape index (κ1) is 15.6. The largest absolute Gasteiger partial charge is 0.394 e. The van der Waals surface area contributed by atoms with Crippen LogP contribution in [0.15, 0.2) is 25.6 Å². The molecular weight excluding hydrogens is 540 g/mol. The highest BCUT2D eigenvalue weighted by Crippen LogP contribution is 2.46. The Kier molecular flexibility index (Phi) is 6.47. The maximum absolute atomic E-state index is 8.75. The molecule has 0 saturated heterocycles. The second-order valence-electron chi connectivity index (χ2n) is 2.81. The average Bonchev–Trinajstić information content (AvgIpc) is 2.23. The third-order valence-electron chi connectivity index (χ3n) is 1.72. The summed E-state index contributed by atoms with van der Waals surface area (Å²) < 4.78 is 7.36. The van der Waals surface area contributed by atoms with Crippen LogP contribution in [-0.2, 0) is 8.16 Å². The van der Waals surface area contributed by atoms with Crippen LogP contribution < -0.4 is 0 Å². The summed E-state index contributed by atoms with van der Waals surface area (Å²) in [7, 11) is 0. The summed E-state index contributed by atoms with van der Waals surface area (Å²) in [6.07, 6.45) is 0. The molecule has 1 aromatic carbocycles. The summed E-state index contributed by atoms with van der Waals surface area (Å²) in [5.74, 6) is 0. The van der Waals surface area contributed by atoms with Crippen molar-refractivity contribution in [3.8, 4) is 0 Å². The highest BCUT2D eigenvalue weighted by atomic mass is 79.9. The molecule has 0 aliphatic heterocycles. The van der Waals surface area contributed by atoms with E-state index in [1.165, 1.54) is 0 Å². The molecule has 90 valence electrons. The molecule has 16 heavy (non-hydrogen) atoms. The number of aliphatic hydroxyl groups is 1. The highest BCUT2D eigenvalue weighted by Gasteiger charge is 2.29. The van der Waals surface area contributed by atoms with Gasteiger partial charge in [-0.15, -0.1) is 0 Å². The number of halogens is 5. The molecule has 1 N–H and O–H groups in total. The van der Waals surface area contributed by atoms with Crippen molar-refractivity contribution in [3.05, 3.63) is 31.1 Å². The fraction of sp³-hybridized carbons (Fsp3) is 0.333. The standard InChI is InChI=1S/C9H7Br5O2/c10-6-2-1-5(7(11)8(6)12)9(13,14)16-4-3-15/h1-2,15H,3-4H2. The molecule has 0 atom stereocenters. The third-order valence-corrected chi connectivity index (χ3v) is 6.41. The van der Waals surface area contributed by atoms with Gasteiger partial charge in [-0.05, 0) is 85.7 Å². The molecule has 0 radical (unpaired) electrons. The summed E-state index contributed by atoms with van der Waals surface area (Å²) in [5.41, 5.74) is 0.871. The topological polar surface area (TPSA) is 29.5 Å². The van der Waals surface area contributed by atoms with Crippen LogP contribution in [0, 0.1) is 0 Å². The van der Waals surface area contributed by atoms with Gasteiger partial charge in [0.1, 0.15) is 0 Å². The van der Waals surface area contributed by atoms with Gasteiger partial charge in [0, 0.05) is 19.0 Å². The molecule has 0 amide bonds. The van der Waals surface area contributed by atoms with Crippen LogP contribution in [0.1, 0.15) is 5.56 Å². The first-order chi connectivity index (χ1) is 7.40. The molecule has 2 nitrogen and oxygen atoms in total.